The summed E-state index contributed by atoms with van der Waals surface area (Å²) < 4.78 is 18.8. The number of ether oxygens (including phenoxy) is 1. The molecule has 0 amide bonds. The molecule has 0 aliphatic carbocycles. The first-order valence-electron chi connectivity index (χ1n) is 7.38. The zero-order valence-electron chi connectivity index (χ0n) is 12.1. The van der Waals surface area contributed by atoms with Gasteiger partial charge in [-0.3, -0.25) is 0 Å². The fraction of sp³-hybridized carbons (Fsp3) is 0.600. The molecule has 2 rings (SSSR count). The van der Waals surface area contributed by atoms with E-state index in [1.54, 1.807) is 6.07 Å². The Hall–Kier alpha value is -1.49. The average Bonchev–Trinajstić information content (AvgIpc) is 2.92. The van der Waals surface area contributed by atoms with E-state index < -0.39 is 5.82 Å². The molecule has 1 aliphatic rings. The fourth-order valence-electron chi connectivity index (χ4n) is 2.52. The highest BCUT2D eigenvalue weighted by molar-refractivity contribution is 5.68. The minimum atomic E-state index is -0.410. The fourth-order valence-corrected chi connectivity index (χ4v) is 2.52. The maximum absolute atomic E-state index is 13.6. The summed E-state index contributed by atoms with van der Waals surface area (Å²) in [4.78, 5) is 2.47. The van der Waals surface area contributed by atoms with Crippen molar-refractivity contribution >= 4 is 11.4 Å². The van der Waals surface area contributed by atoms with Crippen LogP contribution in [0.5, 0.6) is 5.75 Å². The molecule has 4 nitrogen and oxygen atoms in total. The third-order valence-electron chi connectivity index (χ3n) is 3.57. The van der Waals surface area contributed by atoms with E-state index in [-0.39, 0.29) is 5.75 Å². The van der Waals surface area contributed by atoms with Crippen molar-refractivity contribution in [3.05, 3.63) is 17.9 Å². The van der Waals surface area contributed by atoms with Gasteiger partial charge in [0.15, 0.2) is 11.6 Å². The first kappa shape index (κ1) is 14.9. The Morgan fingerprint density at radius 2 is 2.10 bits per heavy atom. The van der Waals surface area contributed by atoms with Gasteiger partial charge in [0.25, 0.3) is 0 Å². The van der Waals surface area contributed by atoms with Crippen LogP contribution in [0.4, 0.5) is 15.8 Å². The van der Waals surface area contributed by atoms with Gasteiger partial charge in [0.2, 0.25) is 0 Å². The van der Waals surface area contributed by atoms with E-state index in [9.17, 15) is 4.39 Å². The smallest absolute Gasteiger partial charge is 0.167 e. The summed E-state index contributed by atoms with van der Waals surface area (Å²) in [5, 5.41) is 3.26. The minimum absolute atomic E-state index is 0.253. The molecule has 1 aromatic rings. The number of halogens is 1. The van der Waals surface area contributed by atoms with Gasteiger partial charge in [-0.15, -0.1) is 0 Å². The van der Waals surface area contributed by atoms with Crippen LogP contribution >= 0.6 is 0 Å². The first-order chi connectivity index (χ1) is 9.70. The van der Waals surface area contributed by atoms with Crippen LogP contribution in [0.1, 0.15) is 26.2 Å². The molecule has 3 N–H and O–H groups in total. The van der Waals surface area contributed by atoms with Gasteiger partial charge in [0.1, 0.15) is 0 Å². The van der Waals surface area contributed by atoms with Crippen molar-refractivity contribution in [2.24, 2.45) is 0 Å². The molecule has 0 saturated carbocycles. The maximum Gasteiger partial charge on any atom is 0.167 e. The van der Waals surface area contributed by atoms with Crippen molar-refractivity contribution in [2.45, 2.75) is 26.2 Å². The summed E-state index contributed by atoms with van der Waals surface area (Å²) in [6, 6.07) is 2.96. The lowest BCUT2D eigenvalue weighted by molar-refractivity contribution is 0.322. The van der Waals surface area contributed by atoms with Gasteiger partial charge in [-0.1, -0.05) is 0 Å². The van der Waals surface area contributed by atoms with E-state index in [1.807, 2.05) is 6.92 Å². The van der Waals surface area contributed by atoms with Crippen molar-refractivity contribution < 1.29 is 9.13 Å². The average molecular weight is 281 g/mol. The summed E-state index contributed by atoms with van der Waals surface area (Å²) in [6.07, 6.45) is 3.69. The summed E-state index contributed by atoms with van der Waals surface area (Å²) in [7, 11) is 0. The van der Waals surface area contributed by atoms with Gasteiger partial charge >= 0.3 is 0 Å². The number of rotatable bonds is 7. The topological polar surface area (TPSA) is 50.5 Å². The van der Waals surface area contributed by atoms with Gasteiger partial charge in [-0.2, -0.15) is 0 Å². The number of benzene rings is 1. The van der Waals surface area contributed by atoms with E-state index in [0.29, 0.717) is 12.3 Å². The van der Waals surface area contributed by atoms with Gasteiger partial charge in [0, 0.05) is 18.7 Å². The molecule has 112 valence electrons. The number of hydrogen-bond acceptors (Lipinski definition) is 4. The Morgan fingerprint density at radius 3 is 2.80 bits per heavy atom. The number of likely N-dealkylation sites (tertiary alicyclic amines) is 1. The Balaban J connectivity index is 1.83. The number of nitrogens with zero attached hydrogens (tertiary/aromatic N) is 1. The highest BCUT2D eigenvalue weighted by Crippen LogP contribution is 2.28. The monoisotopic (exact) mass is 281 g/mol. The van der Waals surface area contributed by atoms with E-state index in [4.69, 9.17) is 10.5 Å². The largest absolute Gasteiger partial charge is 0.491 e. The van der Waals surface area contributed by atoms with Gasteiger partial charge in [0.05, 0.1) is 18.0 Å². The second-order valence-corrected chi connectivity index (χ2v) is 5.13. The van der Waals surface area contributed by atoms with Crippen molar-refractivity contribution in [1.82, 2.24) is 4.90 Å². The van der Waals surface area contributed by atoms with E-state index in [0.717, 1.165) is 25.2 Å². The van der Waals surface area contributed by atoms with Crippen molar-refractivity contribution in [3.8, 4) is 5.75 Å². The highest BCUT2D eigenvalue weighted by atomic mass is 19.1. The Morgan fingerprint density at radius 1 is 1.35 bits per heavy atom. The van der Waals surface area contributed by atoms with Crippen LogP contribution in [-0.4, -0.2) is 37.7 Å². The second-order valence-electron chi connectivity index (χ2n) is 5.13. The number of hydrogen-bond donors (Lipinski definition) is 2. The van der Waals surface area contributed by atoms with Crippen LogP contribution in [0, 0.1) is 5.82 Å². The van der Waals surface area contributed by atoms with Crippen LogP contribution in [0.3, 0.4) is 0 Å². The van der Waals surface area contributed by atoms with E-state index in [2.05, 4.69) is 10.2 Å². The minimum Gasteiger partial charge on any atom is -0.491 e. The molecule has 0 aromatic heterocycles. The molecule has 0 bridgehead atoms. The summed E-state index contributed by atoms with van der Waals surface area (Å²) in [5.41, 5.74) is 6.99. The van der Waals surface area contributed by atoms with Crippen molar-refractivity contribution in [1.29, 1.82) is 0 Å². The molecule has 0 radical (unpaired) electrons. The van der Waals surface area contributed by atoms with E-state index >= 15 is 0 Å². The molecule has 1 heterocycles. The number of nitrogens with two attached hydrogens (primary N) is 1. The summed E-state index contributed by atoms with van der Waals surface area (Å²) >= 11 is 0. The van der Waals surface area contributed by atoms with E-state index in [1.165, 1.54) is 32.0 Å². The molecular weight excluding hydrogens is 257 g/mol. The standard InChI is InChI=1S/C15H24FN3O/c1-2-20-15-11-14(13(17)10-12(15)16)18-6-5-9-19-7-3-4-8-19/h10-11,18H,2-9,17H2,1H3. The molecule has 0 atom stereocenters. The third-order valence-corrected chi connectivity index (χ3v) is 3.57. The predicted octanol–water partition coefficient (Wildman–Crippen LogP) is 2.70. The normalized spacial score (nSPS) is 15.5. The highest BCUT2D eigenvalue weighted by Gasteiger charge is 2.11. The summed E-state index contributed by atoms with van der Waals surface area (Å²) in [6.45, 7) is 6.64. The molecule has 20 heavy (non-hydrogen) atoms. The Kier molecular flexibility index (Phi) is 5.47. The van der Waals surface area contributed by atoms with Crippen LogP contribution < -0.4 is 15.8 Å². The number of nitrogen functional groups attached to an aromatic ring is 1. The molecule has 5 heteroatoms. The first-order valence-corrected chi connectivity index (χ1v) is 7.38. The van der Waals surface area contributed by atoms with Crippen molar-refractivity contribution in [2.75, 3.05) is 43.8 Å². The lowest BCUT2D eigenvalue weighted by atomic mass is 10.2. The van der Waals surface area contributed by atoms with Gasteiger partial charge < -0.3 is 20.7 Å². The summed E-state index contributed by atoms with van der Waals surface area (Å²) in [5.74, 6) is -0.157. The quantitative estimate of drug-likeness (QED) is 0.596. The van der Waals surface area contributed by atoms with Crippen LogP contribution in [-0.2, 0) is 0 Å². The molecule has 0 unspecified atom stereocenters. The van der Waals surface area contributed by atoms with Crippen molar-refractivity contribution in [3.63, 3.8) is 0 Å². The molecular formula is C15H24FN3O. The van der Waals surface area contributed by atoms with Crippen LogP contribution in [0.2, 0.25) is 0 Å². The third kappa shape index (κ3) is 4.00. The second kappa shape index (κ2) is 7.33. The number of anilines is 2. The SMILES string of the molecule is CCOc1cc(NCCCN2CCCC2)c(N)cc1F. The van der Waals surface area contributed by atoms with Gasteiger partial charge in [-0.25, -0.2) is 4.39 Å². The molecule has 1 saturated heterocycles. The predicted molar refractivity (Wildman–Crippen MR) is 80.8 cm³/mol. The Labute approximate surface area is 120 Å². The van der Waals surface area contributed by atoms with Gasteiger partial charge in [-0.05, 0) is 45.8 Å². The molecule has 0 spiro atoms. The lowest BCUT2D eigenvalue weighted by Crippen LogP contribution is -2.22. The van der Waals surface area contributed by atoms with Crippen LogP contribution in [0.15, 0.2) is 12.1 Å². The molecule has 1 fully saturated rings. The lowest BCUT2D eigenvalue weighted by Gasteiger charge is -2.16. The molecule has 1 aliphatic heterocycles. The zero-order valence-corrected chi connectivity index (χ0v) is 12.1. The molecule has 1 aromatic carbocycles. The maximum atomic E-state index is 13.6. The van der Waals surface area contributed by atoms with Crippen LogP contribution in [0.25, 0.3) is 0 Å². The zero-order chi connectivity index (χ0) is 14.4. The number of nitrogens with one attached hydrogen (secondary N) is 1. The Bertz CT molecular complexity index is 433.